The number of hydrogen-bond acceptors (Lipinski definition) is 1. The predicted molar refractivity (Wildman–Crippen MR) is 241 cm³/mol. The van der Waals surface area contributed by atoms with Crippen LogP contribution in [0.2, 0.25) is 0 Å². The molecule has 362 valence electrons. The Kier molecular flexibility index (Phi) is 10.8. The molecule has 72 heavy (non-hydrogen) atoms. The molecule has 0 bridgehead atoms. The Morgan fingerprint density at radius 3 is 1.15 bits per heavy atom. The minimum absolute atomic E-state index is 0.00354. The Balaban J connectivity index is 1.35. The van der Waals surface area contributed by atoms with Gasteiger partial charge in [0.2, 0.25) is 0 Å². The number of nitriles is 1. The van der Waals surface area contributed by atoms with Crippen molar-refractivity contribution >= 4 is 43.6 Å². The second-order valence-corrected chi connectivity index (χ2v) is 16.8. The number of aromatic nitrogens is 2. The fraction of sp³-hybridized carbons (Fsp3) is 0.0926. The van der Waals surface area contributed by atoms with Gasteiger partial charge in [-0.2, -0.15) is 71.1 Å². The van der Waals surface area contributed by atoms with Crippen LogP contribution in [0, 0.1) is 11.3 Å². The lowest BCUT2D eigenvalue weighted by atomic mass is 9.95. The molecule has 0 saturated carbocycles. The zero-order chi connectivity index (χ0) is 51.4. The van der Waals surface area contributed by atoms with E-state index in [1.807, 2.05) is 6.07 Å². The van der Waals surface area contributed by atoms with E-state index in [2.05, 4.69) is 0 Å². The van der Waals surface area contributed by atoms with E-state index in [0.29, 0.717) is 45.8 Å². The smallest absolute Gasteiger partial charge is 0.309 e. The van der Waals surface area contributed by atoms with Crippen LogP contribution in [0.15, 0.2) is 158 Å². The second kappa shape index (κ2) is 16.4. The molecule has 0 atom stereocenters. The fourth-order valence-corrected chi connectivity index (χ4v) is 9.38. The summed E-state index contributed by atoms with van der Waals surface area (Å²) < 4.78 is 220. The zero-order valence-corrected chi connectivity index (χ0v) is 36.0. The van der Waals surface area contributed by atoms with Gasteiger partial charge in [0.05, 0.1) is 72.9 Å². The molecular formula is C54H26F15N3. The van der Waals surface area contributed by atoms with Crippen LogP contribution >= 0.6 is 0 Å². The average molecular weight is 1000 g/mol. The molecule has 0 unspecified atom stereocenters. The molecule has 0 radical (unpaired) electrons. The quantitative estimate of drug-likeness (QED) is 0.158. The van der Waals surface area contributed by atoms with Gasteiger partial charge < -0.3 is 9.13 Å². The van der Waals surface area contributed by atoms with E-state index >= 15 is 13.2 Å². The van der Waals surface area contributed by atoms with Crippen LogP contribution in [0.1, 0.15) is 33.4 Å². The summed E-state index contributed by atoms with van der Waals surface area (Å²) in [5.41, 5.74) is -9.63. The summed E-state index contributed by atoms with van der Waals surface area (Å²) in [5.74, 6) is 0. The maximum atomic E-state index is 15.6. The second-order valence-electron chi connectivity index (χ2n) is 16.8. The highest BCUT2D eigenvalue weighted by atomic mass is 19.4. The molecular weight excluding hydrogens is 976 g/mol. The standard InChI is InChI=1S/C54H26F15N3/c55-50(56,57)32-14-18-35(41(23-32)53(64,65)66)29-12-16-39-37-8-1-3-10-43(37)71(45(39)21-29)47-25-34(52(61,62)63)26-48(49(47)31-7-5-6-28(20-31)27-70)72-44-11-4-2-9-38(44)40-17-13-30(22-46(40)72)36-19-15-33(51(58,59)60)24-42(36)54(67,68)69/h1-26H. The van der Waals surface area contributed by atoms with Gasteiger partial charge in [0.25, 0.3) is 0 Å². The van der Waals surface area contributed by atoms with E-state index in [9.17, 15) is 57.9 Å². The van der Waals surface area contributed by atoms with Crippen molar-refractivity contribution in [3.63, 3.8) is 0 Å². The van der Waals surface area contributed by atoms with Gasteiger partial charge in [-0.05, 0) is 101 Å². The van der Waals surface area contributed by atoms with Crippen LogP contribution in [0.3, 0.4) is 0 Å². The molecule has 0 aliphatic rings. The lowest BCUT2D eigenvalue weighted by Gasteiger charge is -2.23. The Bertz CT molecular complexity index is 3660. The summed E-state index contributed by atoms with van der Waals surface area (Å²) in [6, 6.07) is 31.7. The van der Waals surface area contributed by atoms with Gasteiger partial charge >= 0.3 is 30.9 Å². The number of halogens is 15. The summed E-state index contributed by atoms with van der Waals surface area (Å²) >= 11 is 0. The lowest BCUT2D eigenvalue weighted by molar-refractivity contribution is -0.144. The first-order valence-electron chi connectivity index (χ1n) is 21.2. The Morgan fingerprint density at radius 1 is 0.333 bits per heavy atom. The fourth-order valence-electron chi connectivity index (χ4n) is 9.38. The Hall–Kier alpha value is -8.20. The monoisotopic (exact) mass is 1000 g/mol. The van der Waals surface area contributed by atoms with E-state index in [-0.39, 0.29) is 73.4 Å². The van der Waals surface area contributed by atoms with Gasteiger partial charge in [-0.25, -0.2) is 0 Å². The van der Waals surface area contributed by atoms with Crippen LogP contribution in [0.25, 0.3) is 88.4 Å². The van der Waals surface area contributed by atoms with Gasteiger partial charge in [-0.3, -0.25) is 0 Å². The van der Waals surface area contributed by atoms with E-state index in [1.54, 1.807) is 36.4 Å². The first-order valence-corrected chi connectivity index (χ1v) is 21.2. The van der Waals surface area contributed by atoms with Crippen LogP contribution in [0.4, 0.5) is 65.9 Å². The van der Waals surface area contributed by atoms with Crippen LogP contribution in [0.5, 0.6) is 0 Å². The van der Waals surface area contributed by atoms with Crippen molar-refractivity contribution in [2.24, 2.45) is 0 Å². The third-order valence-electron chi connectivity index (χ3n) is 12.5. The molecule has 0 aliphatic carbocycles. The molecule has 2 heterocycles. The summed E-state index contributed by atoms with van der Waals surface area (Å²) in [6.07, 6.45) is -26.1. The summed E-state index contributed by atoms with van der Waals surface area (Å²) in [4.78, 5) is 0. The van der Waals surface area contributed by atoms with Crippen molar-refractivity contribution in [1.29, 1.82) is 5.26 Å². The molecule has 0 spiro atoms. The first kappa shape index (κ1) is 47.5. The molecule has 3 nitrogen and oxygen atoms in total. The first-order chi connectivity index (χ1) is 33.8. The van der Waals surface area contributed by atoms with Gasteiger partial charge in [0.15, 0.2) is 0 Å². The highest BCUT2D eigenvalue weighted by molar-refractivity contribution is 6.13. The normalized spacial score (nSPS) is 12.9. The predicted octanol–water partition coefficient (Wildman–Crippen LogP) is 17.8. The molecule has 8 aromatic carbocycles. The maximum absolute atomic E-state index is 15.6. The number of rotatable bonds is 5. The molecule has 0 aliphatic heterocycles. The Morgan fingerprint density at radius 2 is 0.750 bits per heavy atom. The van der Waals surface area contributed by atoms with E-state index < -0.39 is 69.8 Å². The van der Waals surface area contributed by atoms with Gasteiger partial charge in [0, 0.05) is 27.1 Å². The van der Waals surface area contributed by atoms with Crippen molar-refractivity contribution in [1.82, 2.24) is 9.13 Å². The number of alkyl halides is 15. The van der Waals surface area contributed by atoms with Crippen molar-refractivity contribution in [3.8, 4) is 50.8 Å². The zero-order valence-electron chi connectivity index (χ0n) is 36.0. The average Bonchev–Trinajstić information content (AvgIpc) is 3.83. The highest BCUT2D eigenvalue weighted by Gasteiger charge is 2.41. The van der Waals surface area contributed by atoms with Crippen LogP contribution in [-0.4, -0.2) is 9.13 Å². The van der Waals surface area contributed by atoms with Crippen molar-refractivity contribution in [2.75, 3.05) is 0 Å². The molecule has 0 N–H and O–H groups in total. The molecule has 0 fully saturated rings. The van der Waals surface area contributed by atoms with Gasteiger partial charge in [0.1, 0.15) is 0 Å². The summed E-state index contributed by atoms with van der Waals surface area (Å²) in [5, 5.41) is 11.5. The van der Waals surface area contributed by atoms with E-state index in [0.717, 1.165) is 12.1 Å². The Labute approximate surface area is 395 Å². The molecule has 10 rings (SSSR count). The minimum Gasteiger partial charge on any atom is -0.309 e. The van der Waals surface area contributed by atoms with Crippen LogP contribution in [-0.2, 0) is 30.9 Å². The highest BCUT2D eigenvalue weighted by Crippen LogP contribution is 2.49. The van der Waals surface area contributed by atoms with Gasteiger partial charge in [-0.15, -0.1) is 0 Å². The number of fused-ring (bicyclic) bond motifs is 6. The third kappa shape index (κ3) is 8.11. The molecule has 18 heteroatoms. The maximum Gasteiger partial charge on any atom is 0.417 e. The summed E-state index contributed by atoms with van der Waals surface area (Å²) in [6.45, 7) is 0. The molecule has 10 aromatic rings. The molecule has 2 aromatic heterocycles. The van der Waals surface area contributed by atoms with Gasteiger partial charge in [-0.1, -0.05) is 84.9 Å². The van der Waals surface area contributed by atoms with Crippen LogP contribution < -0.4 is 0 Å². The number of benzene rings is 8. The third-order valence-corrected chi connectivity index (χ3v) is 12.5. The number of hydrogen-bond donors (Lipinski definition) is 0. The number of nitrogens with zero attached hydrogens (tertiary/aromatic N) is 3. The van der Waals surface area contributed by atoms with Crippen molar-refractivity contribution in [2.45, 2.75) is 30.9 Å². The summed E-state index contributed by atoms with van der Waals surface area (Å²) in [7, 11) is 0. The SMILES string of the molecule is N#Cc1cccc(-c2c(-n3c4ccccc4c4ccc(-c5ccc(C(F)(F)F)cc5C(F)(F)F)cc43)cc(C(F)(F)F)cc2-n2c3ccccc3c3ccc(-c4ccc(C(F)(F)F)cc4C(F)(F)F)cc32)c1. The van der Waals surface area contributed by atoms with E-state index in [4.69, 9.17) is 0 Å². The molecule has 0 amide bonds. The topological polar surface area (TPSA) is 33.6 Å². The van der Waals surface area contributed by atoms with E-state index in [1.165, 1.54) is 81.9 Å². The van der Waals surface area contributed by atoms with Crippen molar-refractivity contribution in [3.05, 3.63) is 191 Å². The number of para-hydroxylation sites is 2. The lowest BCUT2D eigenvalue weighted by Crippen LogP contribution is -2.12. The van der Waals surface area contributed by atoms with Crippen molar-refractivity contribution < 1.29 is 65.9 Å². The molecule has 0 saturated heterocycles. The largest absolute Gasteiger partial charge is 0.417 e. The minimum atomic E-state index is -5.31.